The van der Waals surface area contributed by atoms with Gasteiger partial charge in [0.1, 0.15) is 30.2 Å². The minimum Gasteiger partial charge on any atom is -0.756 e. The molecule has 2 fully saturated rings. The number of nitrogens with two attached hydrogens (primary N) is 1. The van der Waals surface area contributed by atoms with E-state index in [9.17, 15) is 14.6 Å². The van der Waals surface area contributed by atoms with Crippen molar-refractivity contribution in [3.05, 3.63) is 12.7 Å². The van der Waals surface area contributed by atoms with Gasteiger partial charge in [0.05, 0.1) is 12.9 Å². The van der Waals surface area contributed by atoms with E-state index < -0.39 is 39.0 Å². The number of hydrogen-bond donors (Lipinski definition) is 2. The molecule has 4 heterocycles. The Bertz CT molecular complexity index is 788. The zero-order valence-electron chi connectivity index (χ0n) is 12.0. The van der Waals surface area contributed by atoms with Crippen molar-refractivity contribution in [1.29, 1.82) is 0 Å². The van der Waals surface area contributed by atoms with Crippen molar-refractivity contribution in [2.24, 2.45) is 0 Å². The number of hydrogen-bond acceptors (Lipinski definition) is 10. The molecule has 4 rings (SSSR count). The first-order valence-corrected chi connectivity index (χ1v) is 7.83. The van der Waals surface area contributed by atoms with Crippen LogP contribution in [0.4, 0.5) is 5.82 Å². The summed E-state index contributed by atoms with van der Waals surface area (Å²) in [6.07, 6.45) is -0.906. The van der Waals surface area contributed by atoms with Crippen LogP contribution in [0, 0.1) is 0 Å². The van der Waals surface area contributed by atoms with Crippen molar-refractivity contribution in [2.45, 2.75) is 24.5 Å². The Morgan fingerprint density at radius 3 is 2.83 bits per heavy atom. The molecular formula is C10H11N5NaO6P-. The van der Waals surface area contributed by atoms with E-state index in [4.69, 9.17) is 19.5 Å². The number of aromatic nitrogens is 4. The quantitative estimate of drug-likeness (QED) is 0.465. The molecule has 5 unspecified atom stereocenters. The maximum atomic E-state index is 11.5. The van der Waals surface area contributed by atoms with Crippen LogP contribution in [0.25, 0.3) is 11.2 Å². The van der Waals surface area contributed by atoms with E-state index in [1.54, 1.807) is 0 Å². The van der Waals surface area contributed by atoms with Crippen LogP contribution in [-0.2, 0) is 18.3 Å². The Morgan fingerprint density at radius 2 is 2.09 bits per heavy atom. The van der Waals surface area contributed by atoms with Crippen LogP contribution in [0.1, 0.15) is 6.23 Å². The topological polar surface area (TPSA) is 158 Å². The van der Waals surface area contributed by atoms with Gasteiger partial charge in [-0.3, -0.25) is 9.13 Å². The summed E-state index contributed by atoms with van der Waals surface area (Å²) in [5.74, 6) is 0.190. The number of fused-ring (bicyclic) bond motifs is 2. The Balaban J connectivity index is 0.00000156. The largest absolute Gasteiger partial charge is 0.756 e. The Hall–Kier alpha value is -0.620. The first kappa shape index (κ1) is 17.2. The van der Waals surface area contributed by atoms with Crippen LogP contribution in [0.15, 0.2) is 12.7 Å². The minimum absolute atomic E-state index is 0. The molecule has 2 aliphatic heterocycles. The minimum atomic E-state index is -4.41. The molecule has 2 aromatic heterocycles. The summed E-state index contributed by atoms with van der Waals surface area (Å²) in [6, 6.07) is 0. The Morgan fingerprint density at radius 1 is 1.35 bits per heavy atom. The standard InChI is InChI=1S/C10H12N5O6P.Na/c11-8-5-9(13-2-12-8)15(3-14-5)10-7-6(4(1-16)19-10)20-22(17,18)21-7;/h2-4,6-7,10,16H,1H2,(H,17,18)(H2,11,12,13);/p-1. The van der Waals surface area contributed by atoms with Gasteiger partial charge in [0.15, 0.2) is 17.7 Å². The maximum Gasteiger partial charge on any atom is 0.268 e. The molecule has 2 aromatic rings. The maximum absolute atomic E-state index is 11.5. The number of phosphoric acid groups is 1. The predicted octanol–water partition coefficient (Wildman–Crippen LogP) is -1.83. The zero-order chi connectivity index (χ0) is 15.5. The molecule has 0 aliphatic carbocycles. The summed E-state index contributed by atoms with van der Waals surface area (Å²) in [5.41, 5.74) is 6.44. The van der Waals surface area contributed by atoms with Crippen molar-refractivity contribution < 1.29 is 28.3 Å². The number of rotatable bonds is 2. The normalized spacial score (nSPS) is 36.1. The van der Waals surface area contributed by atoms with Crippen LogP contribution in [0.2, 0.25) is 0 Å². The van der Waals surface area contributed by atoms with Gasteiger partial charge in [0.25, 0.3) is 7.82 Å². The number of anilines is 1. The molecule has 0 saturated carbocycles. The van der Waals surface area contributed by atoms with E-state index in [-0.39, 0.29) is 35.4 Å². The number of imidazole rings is 1. The first-order chi connectivity index (χ1) is 10.5. The molecule has 2 aliphatic rings. The Labute approximate surface area is 151 Å². The first-order valence-electron chi connectivity index (χ1n) is 6.37. The second-order valence-electron chi connectivity index (χ2n) is 4.92. The molecule has 13 heteroatoms. The van der Waals surface area contributed by atoms with Crippen molar-refractivity contribution >= 4 is 54.4 Å². The molecule has 23 heavy (non-hydrogen) atoms. The van der Waals surface area contributed by atoms with Crippen LogP contribution in [0.3, 0.4) is 0 Å². The van der Waals surface area contributed by atoms with E-state index in [2.05, 4.69) is 15.0 Å². The molecule has 0 amide bonds. The fourth-order valence-corrected chi connectivity index (χ4v) is 3.82. The average Bonchev–Trinajstić information content (AvgIpc) is 3.10. The third kappa shape index (κ3) is 2.72. The van der Waals surface area contributed by atoms with Gasteiger partial charge in [0, 0.05) is 29.6 Å². The van der Waals surface area contributed by atoms with Gasteiger partial charge in [0.2, 0.25) is 0 Å². The molecule has 119 valence electrons. The monoisotopic (exact) mass is 351 g/mol. The molecule has 1 radical (unpaired) electrons. The van der Waals surface area contributed by atoms with E-state index in [0.29, 0.717) is 11.2 Å². The third-order valence-electron chi connectivity index (χ3n) is 3.63. The van der Waals surface area contributed by atoms with Crippen LogP contribution in [-0.4, -0.2) is 79.1 Å². The SMILES string of the molecule is Nc1ncnc2c1ncn2C1OC(CO)C2OP(=O)([O-])OC21.[Na]. The summed E-state index contributed by atoms with van der Waals surface area (Å²) in [4.78, 5) is 23.5. The summed E-state index contributed by atoms with van der Waals surface area (Å²) in [6.45, 7) is -0.412. The molecule has 0 aromatic carbocycles. The van der Waals surface area contributed by atoms with Crippen LogP contribution >= 0.6 is 7.82 Å². The smallest absolute Gasteiger partial charge is 0.268 e. The molecule has 0 bridgehead atoms. The summed E-state index contributed by atoms with van der Waals surface area (Å²) in [7, 11) is -4.41. The van der Waals surface area contributed by atoms with E-state index >= 15 is 0 Å². The number of nitrogen functional groups attached to an aromatic ring is 1. The number of aliphatic hydroxyl groups is 1. The van der Waals surface area contributed by atoms with Gasteiger partial charge in [-0.2, -0.15) is 0 Å². The molecule has 11 nitrogen and oxygen atoms in total. The predicted molar refractivity (Wildman–Crippen MR) is 73.8 cm³/mol. The van der Waals surface area contributed by atoms with Gasteiger partial charge in [-0.25, -0.2) is 15.0 Å². The van der Waals surface area contributed by atoms with Gasteiger partial charge in [-0.05, 0) is 0 Å². The van der Waals surface area contributed by atoms with Crippen molar-refractivity contribution in [3.8, 4) is 0 Å². The zero-order valence-corrected chi connectivity index (χ0v) is 14.9. The van der Waals surface area contributed by atoms with Gasteiger partial charge in [-0.1, -0.05) is 0 Å². The number of phosphoric ester groups is 1. The summed E-state index contributed by atoms with van der Waals surface area (Å²) >= 11 is 0. The second kappa shape index (κ2) is 6.03. The molecule has 0 spiro atoms. The van der Waals surface area contributed by atoms with E-state index in [1.165, 1.54) is 17.2 Å². The van der Waals surface area contributed by atoms with Crippen LogP contribution in [0.5, 0.6) is 0 Å². The van der Waals surface area contributed by atoms with Crippen LogP contribution < -0.4 is 10.6 Å². The number of ether oxygens (including phenoxy) is 1. The second-order valence-corrected chi connectivity index (χ2v) is 6.23. The number of aliphatic hydroxyl groups excluding tert-OH is 1. The fraction of sp³-hybridized carbons (Fsp3) is 0.500. The van der Waals surface area contributed by atoms with Gasteiger partial charge >= 0.3 is 0 Å². The van der Waals surface area contributed by atoms with E-state index in [0.717, 1.165) is 0 Å². The van der Waals surface area contributed by atoms with Gasteiger partial charge in [-0.15, -0.1) is 0 Å². The fourth-order valence-electron chi connectivity index (χ4n) is 2.70. The third-order valence-corrected chi connectivity index (χ3v) is 4.63. The number of nitrogens with zero attached hydrogens (tertiary/aromatic N) is 4. The Kier molecular flexibility index (Phi) is 4.51. The van der Waals surface area contributed by atoms with Gasteiger partial charge < -0.3 is 29.5 Å². The van der Waals surface area contributed by atoms with Crippen molar-refractivity contribution in [1.82, 2.24) is 19.5 Å². The summed E-state index contributed by atoms with van der Waals surface area (Å²) in [5, 5.41) is 9.33. The summed E-state index contributed by atoms with van der Waals surface area (Å²) < 4.78 is 28.4. The average molecular weight is 351 g/mol. The molecular weight excluding hydrogens is 340 g/mol. The van der Waals surface area contributed by atoms with E-state index in [1.807, 2.05) is 0 Å². The van der Waals surface area contributed by atoms with Crippen molar-refractivity contribution in [2.75, 3.05) is 12.3 Å². The molecule has 5 atom stereocenters. The van der Waals surface area contributed by atoms with Crippen molar-refractivity contribution in [3.63, 3.8) is 0 Å². The molecule has 2 saturated heterocycles. The molecule has 3 N–H and O–H groups in total.